The maximum Gasteiger partial charge on any atom is 0.334 e. The van der Waals surface area contributed by atoms with E-state index in [2.05, 4.69) is 0 Å². The molecule has 1 aromatic heterocycles. The van der Waals surface area contributed by atoms with Crippen LogP contribution in [0.25, 0.3) is 5.69 Å². The van der Waals surface area contributed by atoms with Crippen LogP contribution in [-0.2, 0) is 9.59 Å². The third-order valence-electron chi connectivity index (χ3n) is 4.35. The minimum Gasteiger partial charge on any atom is -0.318 e. The van der Waals surface area contributed by atoms with Crippen molar-refractivity contribution in [2.24, 2.45) is 0 Å². The molecule has 0 bridgehead atoms. The maximum absolute atomic E-state index is 13.5. The van der Waals surface area contributed by atoms with E-state index in [1.807, 2.05) is 0 Å². The summed E-state index contributed by atoms with van der Waals surface area (Å²) in [5.74, 6) is -2.87. The number of nitrogens with zero attached hydrogens (tertiary/aromatic N) is 3. The van der Waals surface area contributed by atoms with Crippen LogP contribution < -0.4 is 0 Å². The second-order valence-corrected chi connectivity index (χ2v) is 6.06. The van der Waals surface area contributed by atoms with Gasteiger partial charge in [0.1, 0.15) is 5.82 Å². The number of ketones is 1. The van der Waals surface area contributed by atoms with Crippen LogP contribution in [0.4, 0.5) is 9.18 Å². The number of Topliss-reactive ketones (excluding diaryl/α,β-unsaturated/α-hetero) is 1. The van der Waals surface area contributed by atoms with Gasteiger partial charge in [0.05, 0.1) is 6.54 Å². The number of carbonyl (C=O) groups is 4. The lowest BCUT2D eigenvalue weighted by Gasteiger charge is -2.12. The van der Waals surface area contributed by atoms with E-state index >= 15 is 0 Å². The van der Waals surface area contributed by atoms with Gasteiger partial charge in [-0.3, -0.25) is 19.3 Å². The molecule has 134 valence electrons. The lowest BCUT2D eigenvalue weighted by atomic mass is 10.1. The highest BCUT2D eigenvalue weighted by atomic mass is 19.1. The van der Waals surface area contributed by atoms with Crippen LogP contribution in [0.3, 0.4) is 0 Å². The van der Waals surface area contributed by atoms with Crippen molar-refractivity contribution in [1.29, 1.82) is 0 Å². The number of hydrogen-bond acceptors (Lipinski definition) is 4. The first-order chi connectivity index (χ1) is 12.2. The summed E-state index contributed by atoms with van der Waals surface area (Å²) in [6.45, 7) is 2.93. The third-order valence-corrected chi connectivity index (χ3v) is 4.35. The highest BCUT2D eigenvalue weighted by molar-refractivity contribution is 6.45. The summed E-state index contributed by atoms with van der Waals surface area (Å²) < 4.78 is 15.2. The highest BCUT2D eigenvalue weighted by Gasteiger charge is 2.43. The van der Waals surface area contributed by atoms with E-state index in [9.17, 15) is 23.6 Å². The molecule has 26 heavy (non-hydrogen) atoms. The summed E-state index contributed by atoms with van der Waals surface area (Å²) in [5, 5.41) is 0. The van der Waals surface area contributed by atoms with E-state index in [0.717, 1.165) is 0 Å². The Morgan fingerprint density at radius 3 is 2.35 bits per heavy atom. The molecule has 0 spiro atoms. The Balaban J connectivity index is 1.92. The van der Waals surface area contributed by atoms with Crippen molar-refractivity contribution in [2.75, 3.05) is 13.6 Å². The number of amides is 4. The standard InChI is InChI=1S/C18H16FN3O4/c1-10-7-14(11(2)22(10)13-6-4-5-12(19)8-13)15(23)9-21-17(25)16(24)20(3)18(21)26/h4-8H,9H2,1-3H3. The van der Waals surface area contributed by atoms with Gasteiger partial charge < -0.3 is 4.57 Å². The Kier molecular flexibility index (Phi) is 4.19. The summed E-state index contributed by atoms with van der Waals surface area (Å²) in [6.07, 6.45) is 0. The molecule has 0 N–H and O–H groups in total. The summed E-state index contributed by atoms with van der Waals surface area (Å²) in [4.78, 5) is 49.2. The van der Waals surface area contributed by atoms with Crippen LogP contribution in [0.2, 0.25) is 0 Å². The van der Waals surface area contributed by atoms with Gasteiger partial charge in [-0.2, -0.15) is 0 Å². The van der Waals surface area contributed by atoms with E-state index in [1.165, 1.54) is 19.2 Å². The van der Waals surface area contributed by atoms with E-state index < -0.39 is 36.0 Å². The average Bonchev–Trinajstić information content (AvgIpc) is 2.99. The van der Waals surface area contributed by atoms with Crippen molar-refractivity contribution in [2.45, 2.75) is 13.8 Å². The average molecular weight is 357 g/mol. The van der Waals surface area contributed by atoms with Gasteiger partial charge in [-0.15, -0.1) is 0 Å². The van der Waals surface area contributed by atoms with Gasteiger partial charge in [0, 0.05) is 29.7 Å². The number of hydrogen-bond donors (Lipinski definition) is 0. The maximum atomic E-state index is 13.5. The molecule has 0 unspecified atom stereocenters. The lowest BCUT2D eigenvalue weighted by Crippen LogP contribution is -2.36. The van der Waals surface area contributed by atoms with Crippen molar-refractivity contribution < 1.29 is 23.6 Å². The first kappa shape index (κ1) is 17.5. The predicted octanol–water partition coefficient (Wildman–Crippen LogP) is 1.84. The number of likely N-dealkylation sites (N-methyl/N-ethyl adjacent to an activating group) is 1. The molecular weight excluding hydrogens is 341 g/mol. The molecule has 8 heteroatoms. The molecular formula is C18H16FN3O4. The molecule has 1 aliphatic heterocycles. The van der Waals surface area contributed by atoms with Gasteiger partial charge >= 0.3 is 17.8 Å². The number of rotatable bonds is 4. The molecule has 1 aliphatic rings. The van der Waals surface area contributed by atoms with Gasteiger partial charge in [-0.25, -0.2) is 14.1 Å². The minimum absolute atomic E-state index is 0.300. The third kappa shape index (κ3) is 2.69. The van der Waals surface area contributed by atoms with Crippen LogP contribution in [0.15, 0.2) is 30.3 Å². The van der Waals surface area contributed by atoms with E-state index in [4.69, 9.17) is 0 Å². The van der Waals surface area contributed by atoms with Gasteiger partial charge in [0.25, 0.3) is 0 Å². The van der Waals surface area contributed by atoms with Crippen LogP contribution in [0.5, 0.6) is 0 Å². The number of halogens is 1. The van der Waals surface area contributed by atoms with E-state index in [1.54, 1.807) is 36.6 Å². The summed E-state index contributed by atoms with van der Waals surface area (Å²) in [6, 6.07) is 6.72. The molecule has 2 heterocycles. The van der Waals surface area contributed by atoms with Crippen LogP contribution >= 0.6 is 0 Å². The first-order valence-electron chi connectivity index (χ1n) is 7.84. The molecule has 0 aliphatic carbocycles. The fourth-order valence-electron chi connectivity index (χ4n) is 3.04. The zero-order chi connectivity index (χ0) is 19.2. The zero-order valence-corrected chi connectivity index (χ0v) is 14.4. The number of urea groups is 1. The molecule has 7 nitrogen and oxygen atoms in total. The Hall–Kier alpha value is -3.29. The largest absolute Gasteiger partial charge is 0.334 e. The lowest BCUT2D eigenvalue weighted by molar-refractivity contribution is -0.142. The Labute approximate surface area is 148 Å². The van der Waals surface area contributed by atoms with Gasteiger partial charge in [-0.05, 0) is 38.1 Å². The second-order valence-electron chi connectivity index (χ2n) is 6.06. The topological polar surface area (TPSA) is 79.7 Å². The smallest absolute Gasteiger partial charge is 0.318 e. The summed E-state index contributed by atoms with van der Waals surface area (Å²) in [5.41, 5.74) is 2.11. The quantitative estimate of drug-likeness (QED) is 0.475. The van der Waals surface area contributed by atoms with E-state index in [-0.39, 0.29) is 0 Å². The molecule has 1 aromatic carbocycles. The summed E-state index contributed by atoms with van der Waals surface area (Å²) in [7, 11) is 1.18. The minimum atomic E-state index is -1.02. The molecule has 4 amide bonds. The molecule has 2 aromatic rings. The molecule has 1 fully saturated rings. The van der Waals surface area contributed by atoms with Crippen molar-refractivity contribution in [1.82, 2.24) is 14.4 Å². The van der Waals surface area contributed by atoms with Crippen molar-refractivity contribution >= 4 is 23.6 Å². The van der Waals surface area contributed by atoms with Crippen molar-refractivity contribution in [3.8, 4) is 5.69 Å². The Morgan fingerprint density at radius 2 is 1.77 bits per heavy atom. The van der Waals surface area contributed by atoms with Gasteiger partial charge in [-0.1, -0.05) is 6.07 Å². The molecule has 0 atom stereocenters. The normalized spacial score (nSPS) is 14.5. The van der Waals surface area contributed by atoms with Crippen molar-refractivity contribution in [3.05, 3.63) is 53.1 Å². The SMILES string of the molecule is Cc1cc(C(=O)CN2C(=O)C(=O)N(C)C2=O)c(C)n1-c1cccc(F)c1. The van der Waals surface area contributed by atoms with Gasteiger partial charge in [0.2, 0.25) is 0 Å². The number of imide groups is 2. The van der Waals surface area contributed by atoms with Crippen LogP contribution in [0, 0.1) is 19.7 Å². The zero-order valence-electron chi connectivity index (χ0n) is 14.4. The first-order valence-corrected chi connectivity index (χ1v) is 7.84. The van der Waals surface area contributed by atoms with E-state index in [0.29, 0.717) is 32.4 Å². The second kappa shape index (κ2) is 6.21. The fourth-order valence-corrected chi connectivity index (χ4v) is 3.04. The number of aryl methyl sites for hydroxylation is 1. The predicted molar refractivity (Wildman–Crippen MR) is 89.4 cm³/mol. The van der Waals surface area contributed by atoms with Crippen molar-refractivity contribution in [3.63, 3.8) is 0 Å². The summed E-state index contributed by atoms with van der Waals surface area (Å²) >= 11 is 0. The Bertz CT molecular complexity index is 963. The number of aromatic nitrogens is 1. The molecule has 0 radical (unpaired) electrons. The van der Waals surface area contributed by atoms with Gasteiger partial charge in [0.15, 0.2) is 5.78 Å². The molecule has 3 rings (SSSR count). The number of carbonyl (C=O) groups excluding carboxylic acids is 4. The molecule has 1 saturated heterocycles. The van der Waals surface area contributed by atoms with Crippen LogP contribution in [0.1, 0.15) is 21.7 Å². The van der Waals surface area contributed by atoms with Crippen LogP contribution in [-0.4, -0.2) is 51.6 Å². The molecule has 0 saturated carbocycles. The monoisotopic (exact) mass is 357 g/mol. The Morgan fingerprint density at radius 1 is 1.08 bits per heavy atom. The fraction of sp³-hybridized carbons (Fsp3) is 0.222. The number of benzene rings is 1. The highest BCUT2D eigenvalue weighted by Crippen LogP contribution is 2.22.